The van der Waals surface area contributed by atoms with Gasteiger partial charge in [0, 0.05) is 15.6 Å². The molecular weight excluding hydrogens is 223 g/mol. The molecule has 1 aromatic rings. The van der Waals surface area contributed by atoms with Crippen molar-refractivity contribution in [3.63, 3.8) is 0 Å². The molecule has 0 fully saturated rings. The van der Waals surface area contributed by atoms with Gasteiger partial charge in [-0.25, -0.2) is 0 Å². The molecule has 0 heterocycles. The number of benzene rings is 1. The molecule has 0 aliphatic heterocycles. The van der Waals surface area contributed by atoms with E-state index in [2.05, 4.69) is 0 Å². The maximum absolute atomic E-state index is 9.60. The standard InChI is InChI=1S/C10H10Cl2O2/c11-7-3-4-8(9(12)6-7)10(14)2-1-5-13/h1-4,6,10,13-14H,5H2/b2-1+. The first-order valence-electron chi connectivity index (χ1n) is 4.05. The van der Waals surface area contributed by atoms with Gasteiger partial charge in [0.05, 0.1) is 12.7 Å². The molecule has 0 saturated heterocycles. The lowest BCUT2D eigenvalue weighted by Gasteiger charge is -2.08. The van der Waals surface area contributed by atoms with Crippen LogP contribution in [0.1, 0.15) is 11.7 Å². The van der Waals surface area contributed by atoms with Crippen molar-refractivity contribution in [2.45, 2.75) is 6.10 Å². The van der Waals surface area contributed by atoms with Crippen molar-refractivity contribution in [2.75, 3.05) is 6.61 Å². The highest BCUT2D eigenvalue weighted by atomic mass is 35.5. The van der Waals surface area contributed by atoms with Crippen LogP contribution in [0.25, 0.3) is 0 Å². The molecule has 0 aliphatic carbocycles. The van der Waals surface area contributed by atoms with Gasteiger partial charge in [-0.15, -0.1) is 0 Å². The fourth-order valence-electron chi connectivity index (χ4n) is 1.03. The summed E-state index contributed by atoms with van der Waals surface area (Å²) in [5, 5.41) is 19.1. The van der Waals surface area contributed by atoms with Crippen molar-refractivity contribution in [3.8, 4) is 0 Å². The molecule has 76 valence electrons. The van der Waals surface area contributed by atoms with Crippen molar-refractivity contribution >= 4 is 23.2 Å². The van der Waals surface area contributed by atoms with Crippen LogP contribution < -0.4 is 0 Å². The molecule has 2 N–H and O–H groups in total. The third kappa shape index (κ3) is 3.00. The van der Waals surface area contributed by atoms with Crippen molar-refractivity contribution in [1.29, 1.82) is 0 Å². The second-order valence-electron chi connectivity index (χ2n) is 2.72. The van der Waals surface area contributed by atoms with Crippen LogP contribution in [0.5, 0.6) is 0 Å². The van der Waals surface area contributed by atoms with E-state index in [-0.39, 0.29) is 6.61 Å². The molecule has 0 amide bonds. The fourth-order valence-corrected chi connectivity index (χ4v) is 1.56. The highest BCUT2D eigenvalue weighted by molar-refractivity contribution is 6.35. The van der Waals surface area contributed by atoms with Gasteiger partial charge in [0.15, 0.2) is 0 Å². The van der Waals surface area contributed by atoms with Crippen LogP contribution in [0.3, 0.4) is 0 Å². The Morgan fingerprint density at radius 1 is 1.36 bits per heavy atom. The van der Waals surface area contributed by atoms with Gasteiger partial charge in [0.2, 0.25) is 0 Å². The van der Waals surface area contributed by atoms with Gasteiger partial charge in [0.1, 0.15) is 0 Å². The Morgan fingerprint density at radius 3 is 2.64 bits per heavy atom. The number of hydrogen-bond acceptors (Lipinski definition) is 2. The monoisotopic (exact) mass is 232 g/mol. The first-order chi connectivity index (χ1) is 6.65. The van der Waals surface area contributed by atoms with Crippen LogP contribution in [-0.4, -0.2) is 16.8 Å². The van der Waals surface area contributed by atoms with Gasteiger partial charge in [-0.2, -0.15) is 0 Å². The van der Waals surface area contributed by atoms with Crippen molar-refractivity contribution < 1.29 is 10.2 Å². The summed E-state index contributed by atoms with van der Waals surface area (Å²) in [5.74, 6) is 0. The van der Waals surface area contributed by atoms with E-state index < -0.39 is 6.10 Å². The van der Waals surface area contributed by atoms with E-state index in [1.807, 2.05) is 0 Å². The lowest BCUT2D eigenvalue weighted by atomic mass is 10.1. The number of halogens is 2. The van der Waals surface area contributed by atoms with E-state index in [0.717, 1.165) is 0 Å². The molecule has 4 heteroatoms. The Labute approximate surface area is 92.4 Å². The van der Waals surface area contributed by atoms with Crippen LogP contribution in [0.15, 0.2) is 30.4 Å². The summed E-state index contributed by atoms with van der Waals surface area (Å²) in [7, 11) is 0. The molecule has 1 rings (SSSR count). The zero-order valence-electron chi connectivity index (χ0n) is 7.32. The lowest BCUT2D eigenvalue weighted by molar-refractivity contribution is 0.227. The van der Waals surface area contributed by atoms with E-state index >= 15 is 0 Å². The summed E-state index contributed by atoms with van der Waals surface area (Å²) in [4.78, 5) is 0. The van der Waals surface area contributed by atoms with Crippen LogP contribution in [-0.2, 0) is 0 Å². The third-order valence-corrected chi connectivity index (χ3v) is 2.27. The number of hydrogen-bond donors (Lipinski definition) is 2. The van der Waals surface area contributed by atoms with Gasteiger partial charge < -0.3 is 10.2 Å². The maximum atomic E-state index is 9.60. The second-order valence-corrected chi connectivity index (χ2v) is 3.57. The largest absolute Gasteiger partial charge is 0.392 e. The first kappa shape index (κ1) is 11.5. The molecule has 1 unspecified atom stereocenters. The van der Waals surface area contributed by atoms with Crippen LogP contribution in [0, 0.1) is 0 Å². The zero-order valence-corrected chi connectivity index (χ0v) is 8.83. The van der Waals surface area contributed by atoms with E-state index in [0.29, 0.717) is 15.6 Å². The predicted molar refractivity (Wildman–Crippen MR) is 57.6 cm³/mol. The Bertz CT molecular complexity index is 337. The van der Waals surface area contributed by atoms with Gasteiger partial charge in [-0.1, -0.05) is 41.4 Å². The SMILES string of the molecule is OC/C=C/C(O)c1ccc(Cl)cc1Cl. The highest BCUT2D eigenvalue weighted by Crippen LogP contribution is 2.26. The summed E-state index contributed by atoms with van der Waals surface area (Å²) >= 11 is 11.6. The Morgan fingerprint density at radius 2 is 2.07 bits per heavy atom. The molecule has 2 nitrogen and oxygen atoms in total. The zero-order chi connectivity index (χ0) is 10.6. The predicted octanol–water partition coefficient (Wildman–Crippen LogP) is 2.58. The normalized spacial score (nSPS) is 13.4. The molecule has 0 bridgehead atoms. The number of aliphatic hydroxyl groups excluding tert-OH is 2. The van der Waals surface area contributed by atoms with E-state index in [9.17, 15) is 5.11 Å². The minimum atomic E-state index is -0.813. The summed E-state index contributed by atoms with van der Waals surface area (Å²) in [5.41, 5.74) is 0.570. The molecule has 1 atom stereocenters. The quantitative estimate of drug-likeness (QED) is 0.787. The van der Waals surface area contributed by atoms with Gasteiger partial charge in [-0.3, -0.25) is 0 Å². The van der Waals surface area contributed by atoms with E-state index in [1.165, 1.54) is 12.2 Å². The maximum Gasteiger partial charge on any atom is 0.0987 e. The van der Waals surface area contributed by atoms with E-state index in [4.69, 9.17) is 28.3 Å². The molecule has 0 aromatic heterocycles. The Kier molecular flexibility index (Phi) is 4.42. The summed E-state index contributed by atoms with van der Waals surface area (Å²) < 4.78 is 0. The molecule has 0 radical (unpaired) electrons. The lowest BCUT2D eigenvalue weighted by Crippen LogP contribution is -1.94. The van der Waals surface area contributed by atoms with Crippen LogP contribution in [0.4, 0.5) is 0 Å². The van der Waals surface area contributed by atoms with E-state index in [1.54, 1.807) is 18.2 Å². The van der Waals surface area contributed by atoms with Crippen LogP contribution in [0.2, 0.25) is 10.0 Å². The molecule has 0 spiro atoms. The average molecular weight is 233 g/mol. The minimum absolute atomic E-state index is 0.109. The second kappa shape index (κ2) is 5.37. The smallest absolute Gasteiger partial charge is 0.0987 e. The molecule has 1 aromatic carbocycles. The van der Waals surface area contributed by atoms with Gasteiger partial charge in [0.25, 0.3) is 0 Å². The summed E-state index contributed by atoms with van der Waals surface area (Å²) in [6.45, 7) is -0.109. The highest BCUT2D eigenvalue weighted by Gasteiger charge is 2.07. The fraction of sp³-hybridized carbons (Fsp3) is 0.200. The van der Waals surface area contributed by atoms with Crippen molar-refractivity contribution in [2.24, 2.45) is 0 Å². The van der Waals surface area contributed by atoms with Crippen molar-refractivity contribution in [3.05, 3.63) is 46.0 Å². The van der Waals surface area contributed by atoms with Gasteiger partial charge in [-0.05, 0) is 12.1 Å². The number of aliphatic hydroxyl groups is 2. The Balaban J connectivity index is 2.90. The molecule has 0 saturated carbocycles. The molecular formula is C10H10Cl2O2. The summed E-state index contributed by atoms with van der Waals surface area (Å²) in [6, 6.07) is 4.87. The minimum Gasteiger partial charge on any atom is -0.392 e. The molecule has 0 aliphatic rings. The molecule has 14 heavy (non-hydrogen) atoms. The van der Waals surface area contributed by atoms with Crippen molar-refractivity contribution in [1.82, 2.24) is 0 Å². The topological polar surface area (TPSA) is 40.5 Å². The third-order valence-electron chi connectivity index (χ3n) is 1.70. The van der Waals surface area contributed by atoms with Gasteiger partial charge >= 0.3 is 0 Å². The van der Waals surface area contributed by atoms with Crippen LogP contribution >= 0.6 is 23.2 Å². The first-order valence-corrected chi connectivity index (χ1v) is 4.81. The summed E-state index contributed by atoms with van der Waals surface area (Å²) in [6.07, 6.45) is 2.11. The average Bonchev–Trinajstić information content (AvgIpc) is 2.14. The Hall–Kier alpha value is -0.540. The number of rotatable bonds is 3.